The Labute approximate surface area is 169 Å². The molecule has 0 aliphatic carbocycles. The summed E-state index contributed by atoms with van der Waals surface area (Å²) >= 11 is 8.01. The van der Waals surface area contributed by atoms with E-state index in [-0.39, 0.29) is 12.0 Å². The number of carboxylic acid groups (broad SMARTS) is 1. The molecule has 0 aromatic heterocycles. The summed E-state index contributed by atoms with van der Waals surface area (Å²) < 4.78 is 5.61. The number of hydrogen-bond donors (Lipinski definition) is 1. The van der Waals surface area contributed by atoms with Crippen LogP contribution in [0, 0.1) is 5.92 Å². The van der Waals surface area contributed by atoms with E-state index in [1.165, 1.54) is 4.90 Å². The number of carboxylic acids is 1. The number of aliphatic carboxylic acids is 1. The molecule has 1 fully saturated rings. The Bertz CT molecular complexity index is 789. The summed E-state index contributed by atoms with van der Waals surface area (Å²) in [5.74, 6) is -0.170. The summed E-state index contributed by atoms with van der Waals surface area (Å²) in [6.07, 6.45) is 3.36. The van der Waals surface area contributed by atoms with Crippen LogP contribution in [0.15, 0.2) is 47.4 Å². The SMILES string of the molecule is COc1ccc(Cl)cc1C(c1ccc(SC)cc1)N1CCC(C(=O)O)CC1. The molecule has 1 atom stereocenters. The standard InChI is InChI=1S/C21H24ClNO3S/c1-26-19-8-5-16(22)13-18(19)20(14-3-6-17(27-2)7-4-14)23-11-9-15(10-12-23)21(24)25/h3-8,13,15,20H,9-12H2,1-2H3,(H,24,25). The molecule has 2 aromatic rings. The van der Waals surface area contributed by atoms with E-state index in [9.17, 15) is 9.90 Å². The maximum atomic E-state index is 11.3. The van der Waals surface area contributed by atoms with Crippen molar-refractivity contribution in [3.63, 3.8) is 0 Å². The number of halogens is 1. The van der Waals surface area contributed by atoms with Crippen LogP contribution in [0.2, 0.25) is 5.02 Å². The molecule has 0 bridgehead atoms. The minimum Gasteiger partial charge on any atom is -0.496 e. The lowest BCUT2D eigenvalue weighted by molar-refractivity contribution is -0.143. The fourth-order valence-corrected chi connectivity index (χ4v) is 4.29. The Morgan fingerprint density at radius 3 is 2.44 bits per heavy atom. The number of rotatable bonds is 6. The minimum absolute atomic E-state index is 0.0238. The van der Waals surface area contributed by atoms with Gasteiger partial charge in [-0.05, 0) is 68.1 Å². The van der Waals surface area contributed by atoms with Crippen LogP contribution in [0.25, 0.3) is 0 Å². The lowest BCUT2D eigenvalue weighted by Crippen LogP contribution is -2.39. The molecule has 1 N–H and O–H groups in total. The molecule has 3 rings (SSSR count). The number of carbonyl (C=O) groups is 1. The summed E-state index contributed by atoms with van der Waals surface area (Å²) in [6.45, 7) is 1.45. The van der Waals surface area contributed by atoms with Crippen LogP contribution in [-0.4, -0.2) is 42.4 Å². The first-order chi connectivity index (χ1) is 13.0. The van der Waals surface area contributed by atoms with Crippen LogP contribution >= 0.6 is 23.4 Å². The molecule has 0 radical (unpaired) electrons. The summed E-state index contributed by atoms with van der Waals surface area (Å²) in [5.41, 5.74) is 2.16. The van der Waals surface area contributed by atoms with E-state index in [4.69, 9.17) is 16.3 Å². The first kappa shape index (κ1) is 20.1. The first-order valence-corrected chi connectivity index (χ1v) is 10.6. The first-order valence-electron chi connectivity index (χ1n) is 8.97. The third kappa shape index (κ3) is 4.60. The Kier molecular flexibility index (Phi) is 6.68. The Morgan fingerprint density at radius 2 is 1.89 bits per heavy atom. The fraction of sp³-hybridized carbons (Fsp3) is 0.381. The molecule has 2 aromatic carbocycles. The van der Waals surface area contributed by atoms with Gasteiger partial charge in [0.25, 0.3) is 0 Å². The van der Waals surface area contributed by atoms with Crippen LogP contribution < -0.4 is 4.74 Å². The zero-order valence-corrected chi connectivity index (χ0v) is 17.1. The maximum absolute atomic E-state index is 11.3. The van der Waals surface area contributed by atoms with E-state index in [0.717, 1.165) is 30.0 Å². The molecule has 1 saturated heterocycles. The average Bonchev–Trinajstić information content (AvgIpc) is 2.69. The summed E-state index contributed by atoms with van der Waals surface area (Å²) in [5, 5.41) is 9.98. The van der Waals surface area contributed by atoms with Crippen molar-refractivity contribution in [3.05, 3.63) is 58.6 Å². The average molecular weight is 406 g/mol. The van der Waals surface area contributed by atoms with E-state index in [1.54, 1.807) is 18.9 Å². The molecule has 0 amide bonds. The zero-order valence-electron chi connectivity index (χ0n) is 15.5. The van der Waals surface area contributed by atoms with Gasteiger partial charge in [-0.2, -0.15) is 0 Å². The van der Waals surface area contributed by atoms with Gasteiger partial charge in [-0.1, -0.05) is 23.7 Å². The number of benzene rings is 2. The molecule has 0 saturated carbocycles. The molecule has 6 heteroatoms. The normalized spacial score (nSPS) is 16.9. The molecule has 1 heterocycles. The van der Waals surface area contributed by atoms with Gasteiger partial charge >= 0.3 is 5.97 Å². The van der Waals surface area contributed by atoms with Gasteiger partial charge in [0.1, 0.15) is 5.75 Å². The van der Waals surface area contributed by atoms with E-state index in [0.29, 0.717) is 17.9 Å². The topological polar surface area (TPSA) is 49.8 Å². The van der Waals surface area contributed by atoms with E-state index in [2.05, 4.69) is 35.4 Å². The van der Waals surface area contributed by atoms with Crippen molar-refractivity contribution in [1.29, 1.82) is 0 Å². The highest BCUT2D eigenvalue weighted by Crippen LogP contribution is 2.38. The Hall–Kier alpha value is -1.69. The number of hydrogen-bond acceptors (Lipinski definition) is 4. The third-order valence-electron chi connectivity index (χ3n) is 5.16. The van der Waals surface area contributed by atoms with Gasteiger partial charge in [0.2, 0.25) is 0 Å². The second-order valence-corrected chi connectivity index (χ2v) is 8.03. The van der Waals surface area contributed by atoms with E-state index >= 15 is 0 Å². The minimum atomic E-state index is -0.698. The summed E-state index contributed by atoms with van der Waals surface area (Å²) in [4.78, 5) is 14.9. The predicted molar refractivity (Wildman–Crippen MR) is 110 cm³/mol. The van der Waals surface area contributed by atoms with Gasteiger partial charge < -0.3 is 9.84 Å². The highest BCUT2D eigenvalue weighted by Gasteiger charge is 2.31. The van der Waals surface area contributed by atoms with Crippen LogP contribution in [0.1, 0.15) is 30.0 Å². The zero-order chi connectivity index (χ0) is 19.4. The molecular formula is C21H24ClNO3S. The maximum Gasteiger partial charge on any atom is 0.306 e. The van der Waals surface area contributed by atoms with Crippen molar-refractivity contribution in [3.8, 4) is 5.75 Å². The van der Waals surface area contributed by atoms with Gasteiger partial charge in [0.05, 0.1) is 19.1 Å². The largest absolute Gasteiger partial charge is 0.496 e. The molecule has 0 spiro atoms. The quantitative estimate of drug-likeness (QED) is 0.688. The lowest BCUT2D eigenvalue weighted by atomic mass is 9.91. The lowest BCUT2D eigenvalue weighted by Gasteiger charge is -2.37. The second-order valence-electron chi connectivity index (χ2n) is 6.71. The monoisotopic (exact) mass is 405 g/mol. The number of thioether (sulfide) groups is 1. The molecular weight excluding hydrogens is 382 g/mol. The van der Waals surface area contributed by atoms with Crippen LogP contribution in [0.5, 0.6) is 5.75 Å². The smallest absolute Gasteiger partial charge is 0.306 e. The van der Waals surface area contributed by atoms with Gasteiger partial charge in [0, 0.05) is 15.5 Å². The number of ether oxygens (including phenoxy) is 1. The fourth-order valence-electron chi connectivity index (χ4n) is 3.70. The summed E-state index contributed by atoms with van der Waals surface area (Å²) in [7, 11) is 1.66. The van der Waals surface area contributed by atoms with E-state index < -0.39 is 5.97 Å². The number of nitrogens with zero attached hydrogens (tertiary/aromatic N) is 1. The Balaban J connectivity index is 1.99. The second kappa shape index (κ2) is 9.00. The van der Waals surface area contributed by atoms with Crippen LogP contribution in [0.3, 0.4) is 0 Å². The van der Waals surface area contributed by atoms with Crippen molar-refractivity contribution in [2.45, 2.75) is 23.8 Å². The highest BCUT2D eigenvalue weighted by atomic mass is 35.5. The van der Waals surface area contributed by atoms with Crippen LogP contribution in [-0.2, 0) is 4.79 Å². The van der Waals surface area contributed by atoms with Gasteiger partial charge in [-0.25, -0.2) is 0 Å². The predicted octanol–water partition coefficient (Wildman–Crippen LogP) is 4.96. The Morgan fingerprint density at radius 1 is 1.22 bits per heavy atom. The van der Waals surface area contributed by atoms with Crippen molar-refractivity contribution in [2.24, 2.45) is 5.92 Å². The molecule has 144 valence electrons. The van der Waals surface area contributed by atoms with E-state index in [1.807, 2.05) is 18.2 Å². The highest BCUT2D eigenvalue weighted by molar-refractivity contribution is 7.98. The number of methoxy groups -OCH3 is 1. The van der Waals surface area contributed by atoms with Gasteiger partial charge in [-0.15, -0.1) is 11.8 Å². The van der Waals surface area contributed by atoms with Crippen molar-refractivity contribution < 1.29 is 14.6 Å². The molecule has 1 aliphatic rings. The number of likely N-dealkylation sites (tertiary alicyclic amines) is 1. The number of piperidine rings is 1. The van der Waals surface area contributed by atoms with Gasteiger partial charge in [-0.3, -0.25) is 9.69 Å². The van der Waals surface area contributed by atoms with Crippen molar-refractivity contribution in [1.82, 2.24) is 4.90 Å². The van der Waals surface area contributed by atoms with Gasteiger partial charge in [0.15, 0.2) is 0 Å². The molecule has 27 heavy (non-hydrogen) atoms. The molecule has 1 unspecified atom stereocenters. The third-order valence-corrected chi connectivity index (χ3v) is 6.14. The molecule has 1 aliphatic heterocycles. The molecule has 4 nitrogen and oxygen atoms in total. The van der Waals surface area contributed by atoms with Crippen LogP contribution in [0.4, 0.5) is 0 Å². The van der Waals surface area contributed by atoms with Crippen molar-refractivity contribution in [2.75, 3.05) is 26.5 Å². The van der Waals surface area contributed by atoms with Crippen molar-refractivity contribution >= 4 is 29.3 Å². The summed E-state index contributed by atoms with van der Waals surface area (Å²) in [6, 6.07) is 14.2.